The molecule has 0 saturated carbocycles. The standard InChI is InChI=1S/2C18H15S.C14H16F2O4.C8H6O4.C6H12F2O.C2H3N/c2*1-4-10-16(11-5-1)19(17-12-6-2-7-13-17)18-14-8-3-9-15-18;1-14(15,16)8-4-5-9-20-13(19)11-7-3-2-6-10(11)12(17)18;9-7(10)5-3-1-2-4-6(5)8(11)12;1-6(7,8)4-2-3-5-9;1-2-3/h2*1-15H;2-3,6-7H,4-5,8-9H2,1H3,(H,17,18);1-4H,(H,9,10)(H,11,12);9H,2-5H2,1H3;1H3/q2*+1;;;;. The van der Waals surface area contributed by atoms with Gasteiger partial charge in [0, 0.05) is 26.4 Å². The van der Waals surface area contributed by atoms with Gasteiger partial charge in [-0.15, -0.1) is 0 Å². The van der Waals surface area contributed by atoms with Crippen LogP contribution in [0.3, 0.4) is 0 Å². The maximum atomic E-state index is 12.5. The van der Waals surface area contributed by atoms with Gasteiger partial charge in [0.25, 0.3) is 0 Å². The molecule has 0 saturated heterocycles. The number of halogens is 4. The van der Waals surface area contributed by atoms with Gasteiger partial charge >= 0.3 is 23.9 Å². The van der Waals surface area contributed by atoms with Crippen LogP contribution < -0.4 is 0 Å². The molecule has 0 radical (unpaired) electrons. The Kier molecular flexibility index (Phi) is 31.0. The van der Waals surface area contributed by atoms with Crippen LogP contribution in [0.25, 0.3) is 0 Å². The minimum Gasteiger partial charge on any atom is -0.478 e. The van der Waals surface area contributed by atoms with E-state index in [-0.39, 0.29) is 76.5 Å². The van der Waals surface area contributed by atoms with Gasteiger partial charge in [0.15, 0.2) is 29.4 Å². The van der Waals surface area contributed by atoms with Crippen LogP contribution in [0.5, 0.6) is 0 Å². The third-order valence-electron chi connectivity index (χ3n) is 10.9. The molecule has 0 aliphatic carbocycles. The van der Waals surface area contributed by atoms with E-state index in [9.17, 15) is 36.7 Å². The fourth-order valence-corrected chi connectivity index (χ4v) is 11.4. The fraction of sp³-hybridized carbons (Fsp3) is 0.197. The first-order chi connectivity index (χ1) is 39.3. The number of aliphatic hydroxyl groups is 1. The summed E-state index contributed by atoms with van der Waals surface area (Å²) in [7, 11) is -0.0293. The molecule has 8 aromatic carbocycles. The number of esters is 1. The highest BCUT2D eigenvalue weighted by Crippen LogP contribution is 2.32. The van der Waals surface area contributed by atoms with Crippen LogP contribution in [0.1, 0.15) is 101 Å². The normalized spacial score (nSPS) is 10.4. The number of aromatic carboxylic acids is 3. The van der Waals surface area contributed by atoms with Crippen molar-refractivity contribution in [1.82, 2.24) is 0 Å². The first kappa shape index (κ1) is 67.8. The van der Waals surface area contributed by atoms with E-state index in [1.807, 2.05) is 0 Å². The average molecular weight is 1160 g/mol. The molecule has 8 rings (SSSR count). The molecule has 16 heteroatoms. The van der Waals surface area contributed by atoms with E-state index in [0.29, 0.717) is 19.3 Å². The molecular formula is C66H67F4NO9S2+2. The van der Waals surface area contributed by atoms with Gasteiger partial charge in [0.05, 0.1) is 56.7 Å². The van der Waals surface area contributed by atoms with E-state index in [1.54, 1.807) is 6.07 Å². The number of hydrogen-bond donors (Lipinski definition) is 4. The van der Waals surface area contributed by atoms with E-state index in [2.05, 4.69) is 182 Å². The topological polar surface area (TPSA) is 182 Å². The smallest absolute Gasteiger partial charge is 0.339 e. The molecule has 0 heterocycles. The van der Waals surface area contributed by atoms with Gasteiger partial charge in [-0.2, -0.15) is 5.26 Å². The lowest BCUT2D eigenvalue weighted by Crippen LogP contribution is -2.13. The molecule has 4 N–H and O–H groups in total. The second-order valence-corrected chi connectivity index (χ2v) is 21.7. The van der Waals surface area contributed by atoms with Crippen LogP contribution in [-0.4, -0.2) is 69.4 Å². The van der Waals surface area contributed by atoms with Crippen molar-refractivity contribution in [3.8, 4) is 6.07 Å². The number of nitriles is 1. The first-order valence-corrected chi connectivity index (χ1v) is 28.3. The second-order valence-electron chi connectivity index (χ2n) is 17.6. The highest BCUT2D eigenvalue weighted by atomic mass is 32.2. The summed E-state index contributed by atoms with van der Waals surface area (Å²) >= 11 is 0. The van der Waals surface area contributed by atoms with Crippen LogP contribution in [-0.2, 0) is 26.5 Å². The number of carboxylic acid groups (broad SMARTS) is 3. The Bertz CT molecular complexity index is 2790. The number of carbonyl (C=O) groups is 4. The van der Waals surface area contributed by atoms with Crippen molar-refractivity contribution in [3.05, 3.63) is 253 Å². The number of unbranched alkanes of at least 4 members (excludes halogenated alkanes) is 2. The molecule has 0 spiro atoms. The van der Waals surface area contributed by atoms with Gasteiger partial charge in [0.1, 0.15) is 0 Å². The molecule has 82 heavy (non-hydrogen) atoms. The Morgan fingerprint density at radius 2 is 0.634 bits per heavy atom. The summed E-state index contributed by atoms with van der Waals surface area (Å²) in [6.45, 7) is 3.16. The van der Waals surface area contributed by atoms with Crippen molar-refractivity contribution in [2.75, 3.05) is 13.2 Å². The van der Waals surface area contributed by atoms with E-state index < -0.39 is 35.7 Å². The number of ether oxygens (including phenoxy) is 1. The maximum Gasteiger partial charge on any atom is 0.339 e. The van der Waals surface area contributed by atoms with E-state index >= 15 is 0 Å². The molecule has 0 atom stereocenters. The van der Waals surface area contributed by atoms with Crippen molar-refractivity contribution in [1.29, 1.82) is 5.26 Å². The second kappa shape index (κ2) is 37.4. The van der Waals surface area contributed by atoms with Crippen LogP contribution in [0.4, 0.5) is 17.6 Å². The summed E-state index contributed by atoms with van der Waals surface area (Å²) in [6, 6.07) is 77.2. The Morgan fingerprint density at radius 3 is 0.866 bits per heavy atom. The Labute approximate surface area is 483 Å². The molecular weight excluding hydrogens is 1090 g/mol. The lowest BCUT2D eigenvalue weighted by Gasteiger charge is -2.10. The molecule has 0 aliphatic heterocycles. The van der Waals surface area contributed by atoms with E-state index in [1.165, 1.54) is 84.8 Å². The quantitative estimate of drug-likeness (QED) is 0.0263. The number of rotatable bonds is 19. The van der Waals surface area contributed by atoms with Gasteiger partial charge in [-0.25, -0.2) is 36.7 Å². The molecule has 0 aliphatic rings. The summed E-state index contributed by atoms with van der Waals surface area (Å²) in [5.41, 5.74) is -0.562. The van der Waals surface area contributed by atoms with Gasteiger partial charge in [0.2, 0.25) is 11.8 Å². The van der Waals surface area contributed by atoms with Crippen LogP contribution in [0.2, 0.25) is 0 Å². The number of nitrogens with zero attached hydrogens (tertiary/aromatic N) is 1. The van der Waals surface area contributed by atoms with E-state index in [4.69, 9.17) is 30.4 Å². The van der Waals surface area contributed by atoms with Gasteiger partial charge < -0.3 is 25.2 Å². The zero-order valence-electron chi connectivity index (χ0n) is 45.7. The van der Waals surface area contributed by atoms with Crippen molar-refractivity contribution in [2.45, 2.75) is 101 Å². The molecule has 0 unspecified atom stereocenters. The summed E-state index contributed by atoms with van der Waals surface area (Å²) in [5, 5.41) is 41.6. The van der Waals surface area contributed by atoms with Crippen molar-refractivity contribution in [3.63, 3.8) is 0 Å². The number of carboxylic acids is 3. The number of alkyl halides is 4. The average Bonchev–Trinajstić information content (AvgIpc) is 3.50. The third kappa shape index (κ3) is 26.2. The highest BCUT2D eigenvalue weighted by Gasteiger charge is 2.29. The van der Waals surface area contributed by atoms with Crippen molar-refractivity contribution >= 4 is 45.7 Å². The zero-order chi connectivity index (χ0) is 60.2. The largest absolute Gasteiger partial charge is 0.478 e. The summed E-state index contributed by atoms with van der Waals surface area (Å²) < 4.78 is 53.9. The molecule has 10 nitrogen and oxygen atoms in total. The van der Waals surface area contributed by atoms with Gasteiger partial charge in [-0.3, -0.25) is 0 Å². The molecule has 0 amide bonds. The summed E-state index contributed by atoms with van der Waals surface area (Å²) in [4.78, 5) is 51.7. The molecule has 8 aromatic rings. The highest BCUT2D eigenvalue weighted by molar-refractivity contribution is 7.97. The molecule has 0 fully saturated rings. The Balaban J connectivity index is 0.000000272. The first-order valence-electron chi connectivity index (χ1n) is 25.8. The van der Waals surface area contributed by atoms with Crippen molar-refractivity contribution in [2.24, 2.45) is 0 Å². The molecule has 0 aromatic heterocycles. The minimum atomic E-state index is -2.72. The lowest BCUT2D eigenvalue weighted by molar-refractivity contribution is 0.00796. The zero-order valence-corrected chi connectivity index (χ0v) is 47.3. The Hall–Kier alpha value is -8.49. The predicted molar refractivity (Wildman–Crippen MR) is 314 cm³/mol. The Morgan fingerprint density at radius 1 is 0.415 bits per heavy atom. The lowest BCUT2D eigenvalue weighted by atomic mass is 10.1. The minimum absolute atomic E-state index is 0.0100. The number of carbonyl (C=O) groups excluding carboxylic acids is 1. The summed E-state index contributed by atoms with van der Waals surface area (Å²) in [5.74, 6) is -9.72. The van der Waals surface area contributed by atoms with Gasteiger partial charge in [-0.1, -0.05) is 133 Å². The summed E-state index contributed by atoms with van der Waals surface area (Å²) in [6.07, 6.45) is 1.04. The third-order valence-corrected chi connectivity index (χ3v) is 15.4. The monoisotopic (exact) mass is 1160 g/mol. The van der Waals surface area contributed by atoms with Crippen molar-refractivity contribution < 1.29 is 61.9 Å². The fourth-order valence-electron chi connectivity index (χ4n) is 7.19. The van der Waals surface area contributed by atoms with Gasteiger partial charge in [-0.05, 0) is 137 Å². The molecule has 0 bridgehead atoms. The maximum absolute atomic E-state index is 12.5. The van der Waals surface area contributed by atoms with Crippen LogP contribution in [0.15, 0.2) is 260 Å². The molecule has 428 valence electrons. The number of benzene rings is 8. The van der Waals surface area contributed by atoms with E-state index in [0.717, 1.165) is 13.8 Å². The SMILES string of the molecule is CC#N.CC(F)(F)CCCCO.CC(F)(F)CCCCOC(=O)c1ccccc1C(=O)O.O=C(O)c1ccccc1C(=O)O.c1ccc([S+](c2ccccc2)c2ccccc2)cc1.c1ccc([S+](c2ccccc2)c2ccccc2)cc1. The predicted octanol–water partition coefficient (Wildman–Crippen LogP) is 16.3. The van der Waals surface area contributed by atoms with Crippen LogP contribution in [0, 0.1) is 11.3 Å². The number of aliphatic hydroxyl groups excluding tert-OH is 1. The number of hydrogen-bond acceptors (Lipinski definition) is 7. The van der Waals surface area contributed by atoms with Crippen LogP contribution >= 0.6 is 0 Å².